The molecule has 0 atom stereocenters. The number of ether oxygens (including phenoxy) is 4. The highest BCUT2D eigenvalue weighted by molar-refractivity contribution is 8.27. The summed E-state index contributed by atoms with van der Waals surface area (Å²) >= 11 is 1.32. The normalized spacial score (nSPS) is 16.3. The maximum atomic E-state index is 12.6. The molecule has 0 radical (unpaired) electrons. The fourth-order valence-electron chi connectivity index (χ4n) is 3.28. The summed E-state index contributed by atoms with van der Waals surface area (Å²) in [5.74, 6) is 2.23. The molecule has 1 N–H and O–H groups in total. The molecule has 0 saturated carbocycles. The van der Waals surface area contributed by atoms with Crippen molar-refractivity contribution in [1.82, 2.24) is 5.01 Å². The number of benzene rings is 2. The highest BCUT2D eigenvalue weighted by Gasteiger charge is 2.36. The molecule has 10 heteroatoms. The number of aliphatic imine (C=N–C) groups is 1. The molecule has 2 aromatic rings. The number of nitrogens with zero attached hydrogens (tertiary/aromatic N) is 3. The van der Waals surface area contributed by atoms with Gasteiger partial charge in [0.25, 0.3) is 5.91 Å². The number of fused-ring (bicyclic) bond motifs is 1. The van der Waals surface area contributed by atoms with E-state index in [9.17, 15) is 4.79 Å². The van der Waals surface area contributed by atoms with E-state index in [-0.39, 0.29) is 17.3 Å². The Morgan fingerprint density at radius 1 is 1.00 bits per heavy atom. The van der Waals surface area contributed by atoms with Gasteiger partial charge < -0.3 is 18.9 Å². The molecule has 4 rings (SSSR count). The number of hydrogen-bond donors (Lipinski definition) is 1. The van der Waals surface area contributed by atoms with Crippen LogP contribution in [0, 0.1) is 11.3 Å². The number of hydrogen-bond acceptors (Lipinski definition) is 8. The van der Waals surface area contributed by atoms with E-state index in [0.29, 0.717) is 35.4 Å². The smallest absolute Gasteiger partial charge is 0.283 e. The lowest BCUT2D eigenvalue weighted by atomic mass is 10.1. The number of nitrogens with one attached hydrogen (secondary N) is 1. The monoisotopic (exact) mass is 494 g/mol. The van der Waals surface area contributed by atoms with Gasteiger partial charge in [0.05, 0.1) is 19.8 Å². The van der Waals surface area contributed by atoms with Crippen LogP contribution in [-0.2, 0) is 4.79 Å². The van der Waals surface area contributed by atoms with Crippen molar-refractivity contribution < 1.29 is 23.7 Å². The van der Waals surface area contributed by atoms with Gasteiger partial charge in [0.1, 0.15) is 29.8 Å². The molecule has 0 aromatic heterocycles. The summed E-state index contributed by atoms with van der Waals surface area (Å²) in [7, 11) is 3.16. The Bertz CT molecular complexity index is 1220. The molecule has 2 aliphatic rings. The number of amides is 1. The van der Waals surface area contributed by atoms with Gasteiger partial charge in [-0.05, 0) is 59.8 Å². The Labute approximate surface area is 207 Å². The number of thioether (sulfide) groups is 1. The summed E-state index contributed by atoms with van der Waals surface area (Å²) in [6.45, 7) is 4.68. The first-order chi connectivity index (χ1) is 16.9. The van der Waals surface area contributed by atoms with E-state index >= 15 is 0 Å². The Hall–Kier alpha value is -3.79. The maximum Gasteiger partial charge on any atom is 0.283 e. The van der Waals surface area contributed by atoms with Crippen LogP contribution in [0.5, 0.6) is 23.0 Å². The van der Waals surface area contributed by atoms with Crippen molar-refractivity contribution in [1.29, 1.82) is 5.41 Å². The largest absolute Gasteiger partial charge is 0.497 e. The van der Waals surface area contributed by atoms with E-state index in [1.54, 1.807) is 38.5 Å². The number of rotatable bonds is 9. The topological polar surface area (TPSA) is 106 Å². The molecule has 0 fully saturated rings. The summed E-state index contributed by atoms with van der Waals surface area (Å²) in [6.07, 6.45) is 1.61. The predicted octanol–water partition coefficient (Wildman–Crippen LogP) is 4.44. The standard InChI is InChI=1S/C25H26N4O5S/c1-15(2)24-28-29-22(26)19(23(30)27-25(29)35-24)13-16-5-10-20(21(14-16)32-4)34-12-11-33-18-8-6-17(31-3)7-9-18/h5-10,13-15,26H,11-12H2,1-4H3/b19-13-,26-22?. The van der Waals surface area contributed by atoms with Crippen LogP contribution in [0.2, 0.25) is 0 Å². The quantitative estimate of drug-likeness (QED) is 0.406. The second-order valence-electron chi connectivity index (χ2n) is 7.90. The van der Waals surface area contributed by atoms with Crippen molar-refractivity contribution in [2.75, 3.05) is 27.4 Å². The van der Waals surface area contributed by atoms with Gasteiger partial charge in [-0.15, -0.1) is 0 Å². The van der Waals surface area contributed by atoms with E-state index < -0.39 is 5.91 Å². The van der Waals surface area contributed by atoms with Crippen LogP contribution in [0.1, 0.15) is 19.4 Å². The molecule has 0 saturated heterocycles. The highest BCUT2D eigenvalue weighted by Crippen LogP contribution is 2.32. The van der Waals surface area contributed by atoms with Crippen LogP contribution in [0.4, 0.5) is 0 Å². The van der Waals surface area contributed by atoms with Crippen LogP contribution >= 0.6 is 11.8 Å². The van der Waals surface area contributed by atoms with Gasteiger partial charge in [0.2, 0.25) is 5.17 Å². The van der Waals surface area contributed by atoms with E-state index in [1.165, 1.54) is 16.8 Å². The minimum atomic E-state index is -0.469. The second-order valence-corrected chi connectivity index (χ2v) is 8.88. The van der Waals surface area contributed by atoms with E-state index in [1.807, 2.05) is 38.1 Å². The fourth-order valence-corrected chi connectivity index (χ4v) is 4.18. The van der Waals surface area contributed by atoms with E-state index in [0.717, 1.165) is 16.5 Å². The lowest BCUT2D eigenvalue weighted by Gasteiger charge is -2.20. The van der Waals surface area contributed by atoms with E-state index in [4.69, 9.17) is 24.4 Å². The highest BCUT2D eigenvalue weighted by atomic mass is 32.2. The molecular weight excluding hydrogens is 468 g/mol. The molecule has 0 aliphatic carbocycles. The Balaban J connectivity index is 1.42. The molecular formula is C25H26N4O5S. The van der Waals surface area contributed by atoms with E-state index in [2.05, 4.69) is 10.1 Å². The minimum absolute atomic E-state index is 0.00174. The summed E-state index contributed by atoms with van der Waals surface area (Å²) in [5, 5.41) is 15.6. The summed E-state index contributed by atoms with van der Waals surface area (Å²) < 4.78 is 22.1. The average molecular weight is 495 g/mol. The third-order valence-electron chi connectivity index (χ3n) is 5.13. The first-order valence-electron chi connectivity index (χ1n) is 11.0. The van der Waals surface area contributed by atoms with Gasteiger partial charge in [-0.3, -0.25) is 10.2 Å². The van der Waals surface area contributed by atoms with Crippen molar-refractivity contribution in [2.45, 2.75) is 13.8 Å². The van der Waals surface area contributed by atoms with Gasteiger partial charge in [0, 0.05) is 5.92 Å². The van der Waals surface area contributed by atoms with Crippen molar-refractivity contribution in [3.05, 3.63) is 53.6 Å². The van der Waals surface area contributed by atoms with Gasteiger partial charge in [-0.2, -0.15) is 15.1 Å². The summed E-state index contributed by atoms with van der Waals surface area (Å²) in [5.41, 5.74) is 0.835. The molecule has 2 aromatic carbocycles. The number of carbonyl (C=O) groups excluding carboxylic acids is 1. The second kappa shape index (κ2) is 10.6. The number of carbonyl (C=O) groups is 1. The Kier molecular flexibility index (Phi) is 7.40. The zero-order valence-corrected chi connectivity index (χ0v) is 20.7. The third kappa shape index (κ3) is 5.48. The van der Waals surface area contributed by atoms with Crippen LogP contribution in [0.15, 0.2) is 58.1 Å². The van der Waals surface area contributed by atoms with Crippen LogP contribution in [0.3, 0.4) is 0 Å². The molecule has 2 heterocycles. The number of hydrazone groups is 1. The van der Waals surface area contributed by atoms with Crippen molar-refractivity contribution in [3.63, 3.8) is 0 Å². The molecule has 2 aliphatic heterocycles. The molecule has 35 heavy (non-hydrogen) atoms. The third-order valence-corrected chi connectivity index (χ3v) is 6.34. The van der Waals surface area contributed by atoms with Gasteiger partial charge in [0.15, 0.2) is 17.3 Å². The van der Waals surface area contributed by atoms with Crippen molar-refractivity contribution in [2.24, 2.45) is 16.0 Å². The van der Waals surface area contributed by atoms with Gasteiger partial charge in [-0.25, -0.2) is 0 Å². The first-order valence-corrected chi connectivity index (χ1v) is 11.8. The zero-order chi connectivity index (χ0) is 24.9. The maximum absolute atomic E-state index is 12.6. The Morgan fingerprint density at radius 3 is 2.40 bits per heavy atom. The predicted molar refractivity (Wildman–Crippen MR) is 137 cm³/mol. The minimum Gasteiger partial charge on any atom is -0.497 e. The Morgan fingerprint density at radius 2 is 1.71 bits per heavy atom. The lowest BCUT2D eigenvalue weighted by molar-refractivity contribution is -0.114. The van der Waals surface area contributed by atoms with Crippen LogP contribution in [0.25, 0.3) is 6.08 Å². The fraction of sp³-hybridized carbons (Fsp3) is 0.280. The molecule has 1 amide bonds. The molecule has 0 spiro atoms. The average Bonchev–Trinajstić information content (AvgIpc) is 3.30. The first kappa shape index (κ1) is 24.3. The zero-order valence-electron chi connectivity index (χ0n) is 19.9. The molecule has 9 nitrogen and oxygen atoms in total. The molecule has 0 unspecified atom stereocenters. The van der Waals surface area contributed by atoms with Crippen molar-refractivity contribution >= 4 is 39.8 Å². The lowest BCUT2D eigenvalue weighted by Crippen LogP contribution is -2.35. The van der Waals surface area contributed by atoms with Gasteiger partial charge in [-0.1, -0.05) is 19.9 Å². The summed E-state index contributed by atoms with van der Waals surface area (Å²) in [4.78, 5) is 16.7. The molecule has 0 bridgehead atoms. The number of amidine groups is 2. The molecule has 182 valence electrons. The van der Waals surface area contributed by atoms with Crippen LogP contribution < -0.4 is 18.9 Å². The van der Waals surface area contributed by atoms with Crippen LogP contribution in [-0.4, -0.2) is 54.4 Å². The SMILES string of the molecule is COc1ccc(OCCOc2ccc(/C=C3/C(=N)N4N=C(C(C)C)SC4=NC3=O)cc2OC)cc1. The number of methoxy groups -OCH3 is 2. The summed E-state index contributed by atoms with van der Waals surface area (Å²) in [6, 6.07) is 12.6. The van der Waals surface area contributed by atoms with Gasteiger partial charge >= 0.3 is 0 Å². The van der Waals surface area contributed by atoms with Crippen molar-refractivity contribution in [3.8, 4) is 23.0 Å².